The molecule has 0 radical (unpaired) electrons. The van der Waals surface area contributed by atoms with Crippen molar-refractivity contribution in [2.75, 3.05) is 6.54 Å². The highest BCUT2D eigenvalue weighted by atomic mass is 16.5. The number of nitrogens with one attached hydrogen (secondary N) is 1. The lowest BCUT2D eigenvalue weighted by molar-refractivity contribution is -0.120. The van der Waals surface area contributed by atoms with E-state index in [9.17, 15) is 4.79 Å². The number of aromatic nitrogens is 2. The number of benzene rings is 2. The quantitative estimate of drug-likeness (QED) is 0.531. The van der Waals surface area contributed by atoms with E-state index in [0.717, 1.165) is 34.6 Å². The third-order valence-corrected chi connectivity index (χ3v) is 5.85. The van der Waals surface area contributed by atoms with Crippen LogP contribution in [0.5, 0.6) is 5.75 Å². The van der Waals surface area contributed by atoms with Crippen LogP contribution in [0.15, 0.2) is 59.4 Å². The molecule has 0 aliphatic carbocycles. The van der Waals surface area contributed by atoms with Crippen LogP contribution in [0.4, 0.5) is 0 Å². The molecule has 0 bridgehead atoms. The van der Waals surface area contributed by atoms with Gasteiger partial charge in [0.25, 0.3) is 0 Å². The molecule has 31 heavy (non-hydrogen) atoms. The van der Waals surface area contributed by atoms with Crippen molar-refractivity contribution in [3.63, 3.8) is 0 Å². The van der Waals surface area contributed by atoms with E-state index in [-0.39, 0.29) is 18.4 Å². The highest BCUT2D eigenvalue weighted by molar-refractivity contribution is 5.91. The molecule has 2 aromatic heterocycles. The zero-order chi connectivity index (χ0) is 21.4. The molecule has 0 saturated carbocycles. The molecule has 2 aromatic carbocycles. The fourth-order valence-corrected chi connectivity index (χ4v) is 4.18. The molecule has 6 heteroatoms. The monoisotopic (exact) mass is 413 g/mol. The second-order valence-electron chi connectivity index (χ2n) is 7.95. The molecule has 1 aliphatic rings. The third-order valence-electron chi connectivity index (χ3n) is 5.85. The first-order valence-electron chi connectivity index (χ1n) is 10.4. The number of hydrogen-bond donors (Lipinski definition) is 1. The number of hydrogen-bond acceptors (Lipinski definition) is 5. The summed E-state index contributed by atoms with van der Waals surface area (Å²) in [5.41, 5.74) is 5.04. The van der Waals surface area contributed by atoms with Crippen LogP contribution in [0.3, 0.4) is 0 Å². The molecule has 1 atom stereocenters. The Balaban J connectivity index is 1.28. The number of amides is 1. The average Bonchev–Trinajstić information content (AvgIpc) is 3.36. The second-order valence-corrected chi connectivity index (χ2v) is 7.95. The van der Waals surface area contributed by atoms with Crippen LogP contribution in [0.2, 0.25) is 0 Å². The second kappa shape index (κ2) is 7.87. The lowest BCUT2D eigenvalue weighted by Gasteiger charge is -2.11. The molecule has 1 N–H and O–H groups in total. The number of ether oxygens (including phenoxy) is 1. The van der Waals surface area contributed by atoms with Crippen LogP contribution >= 0.6 is 0 Å². The maximum atomic E-state index is 12.4. The summed E-state index contributed by atoms with van der Waals surface area (Å²) in [7, 11) is 0. The molecule has 0 unspecified atom stereocenters. The number of aryl methyl sites for hydroxylation is 2. The van der Waals surface area contributed by atoms with Crippen molar-refractivity contribution in [1.29, 1.82) is 0 Å². The van der Waals surface area contributed by atoms with Crippen LogP contribution in [-0.2, 0) is 17.6 Å². The summed E-state index contributed by atoms with van der Waals surface area (Å²) >= 11 is 0. The van der Waals surface area contributed by atoms with Gasteiger partial charge in [0, 0.05) is 35.5 Å². The molecule has 3 heterocycles. The lowest BCUT2D eigenvalue weighted by atomic mass is 9.97. The van der Waals surface area contributed by atoms with Gasteiger partial charge in [-0.15, -0.1) is 0 Å². The number of fused-ring (bicyclic) bond motifs is 3. The molecule has 156 valence electrons. The molecule has 1 amide bonds. The van der Waals surface area contributed by atoms with E-state index < -0.39 is 0 Å². The van der Waals surface area contributed by atoms with E-state index in [0.29, 0.717) is 12.3 Å². The summed E-state index contributed by atoms with van der Waals surface area (Å²) < 4.78 is 11.2. The molecule has 0 fully saturated rings. The number of nitrogens with zero attached hydrogens (tertiary/aromatic N) is 2. The molecule has 0 spiro atoms. The van der Waals surface area contributed by atoms with E-state index >= 15 is 0 Å². The Kier molecular flexibility index (Phi) is 4.90. The standard InChI is InChI=1S/C25H23N3O3/c1-15-22(16(2)31-28-15)12-25(29)27-14-20-11-23-21-7-5-17(19-4-3-9-26-13-19)10-18(21)6-8-24(23)30-20/h3-10,13,20H,11-12,14H2,1-2H3,(H,27,29)/t20-/m1/s1. The number of carbonyl (C=O) groups excluding carboxylic acids is 1. The van der Waals surface area contributed by atoms with Gasteiger partial charge in [-0.3, -0.25) is 9.78 Å². The highest BCUT2D eigenvalue weighted by Crippen LogP contribution is 2.36. The summed E-state index contributed by atoms with van der Waals surface area (Å²) in [5.74, 6) is 1.53. The van der Waals surface area contributed by atoms with Crippen LogP contribution in [0.1, 0.15) is 22.6 Å². The van der Waals surface area contributed by atoms with Crippen molar-refractivity contribution in [2.24, 2.45) is 0 Å². The van der Waals surface area contributed by atoms with Gasteiger partial charge in [-0.25, -0.2) is 0 Å². The lowest BCUT2D eigenvalue weighted by Crippen LogP contribution is -2.35. The SMILES string of the molecule is Cc1noc(C)c1CC(=O)NC[C@H]1Cc2c(ccc3cc(-c4cccnc4)ccc23)O1. The third kappa shape index (κ3) is 3.77. The van der Waals surface area contributed by atoms with Gasteiger partial charge in [-0.2, -0.15) is 0 Å². The van der Waals surface area contributed by atoms with E-state index in [1.807, 2.05) is 32.2 Å². The highest BCUT2D eigenvalue weighted by Gasteiger charge is 2.25. The largest absolute Gasteiger partial charge is 0.488 e. The van der Waals surface area contributed by atoms with E-state index in [1.54, 1.807) is 6.20 Å². The summed E-state index contributed by atoms with van der Waals surface area (Å²) in [6.07, 6.45) is 4.61. The van der Waals surface area contributed by atoms with Gasteiger partial charge in [0.05, 0.1) is 18.7 Å². The van der Waals surface area contributed by atoms with Gasteiger partial charge in [-0.1, -0.05) is 29.4 Å². The van der Waals surface area contributed by atoms with Gasteiger partial charge in [0.2, 0.25) is 5.91 Å². The number of carbonyl (C=O) groups is 1. The Morgan fingerprint density at radius 3 is 2.84 bits per heavy atom. The van der Waals surface area contributed by atoms with Crippen LogP contribution in [0, 0.1) is 13.8 Å². The first-order valence-corrected chi connectivity index (χ1v) is 10.4. The summed E-state index contributed by atoms with van der Waals surface area (Å²) in [4.78, 5) is 16.6. The number of pyridine rings is 1. The van der Waals surface area contributed by atoms with E-state index in [1.165, 1.54) is 16.3 Å². The Morgan fingerprint density at radius 1 is 1.16 bits per heavy atom. The van der Waals surface area contributed by atoms with Crippen molar-refractivity contribution in [3.8, 4) is 16.9 Å². The minimum atomic E-state index is -0.0766. The van der Waals surface area contributed by atoms with Crippen molar-refractivity contribution >= 4 is 16.7 Å². The van der Waals surface area contributed by atoms with Crippen LogP contribution in [0.25, 0.3) is 21.9 Å². The average molecular weight is 413 g/mol. The maximum absolute atomic E-state index is 12.4. The minimum absolute atomic E-state index is 0.0556. The zero-order valence-electron chi connectivity index (χ0n) is 17.5. The number of rotatable bonds is 5. The summed E-state index contributed by atoms with van der Waals surface area (Å²) in [6.45, 7) is 4.14. The van der Waals surface area contributed by atoms with Crippen LogP contribution in [-0.4, -0.2) is 28.7 Å². The fourth-order valence-electron chi connectivity index (χ4n) is 4.18. The maximum Gasteiger partial charge on any atom is 0.224 e. The van der Waals surface area contributed by atoms with E-state index in [4.69, 9.17) is 9.26 Å². The predicted octanol–water partition coefficient (Wildman–Crippen LogP) is 4.17. The van der Waals surface area contributed by atoms with Crippen molar-refractivity contribution < 1.29 is 14.1 Å². The molecule has 6 nitrogen and oxygen atoms in total. The van der Waals surface area contributed by atoms with E-state index in [2.05, 4.69) is 45.8 Å². The fraction of sp³-hybridized carbons (Fsp3) is 0.240. The summed E-state index contributed by atoms with van der Waals surface area (Å²) in [6, 6.07) is 14.6. The molecule has 1 aliphatic heterocycles. The first kappa shape index (κ1) is 19.3. The molecule has 4 aromatic rings. The van der Waals surface area contributed by atoms with Gasteiger partial charge >= 0.3 is 0 Å². The van der Waals surface area contributed by atoms with Gasteiger partial charge in [-0.05, 0) is 48.4 Å². The predicted molar refractivity (Wildman–Crippen MR) is 118 cm³/mol. The van der Waals surface area contributed by atoms with Gasteiger partial charge in [0.15, 0.2) is 0 Å². The van der Waals surface area contributed by atoms with Gasteiger partial charge in [0.1, 0.15) is 17.6 Å². The summed E-state index contributed by atoms with van der Waals surface area (Å²) in [5, 5.41) is 9.26. The van der Waals surface area contributed by atoms with Crippen molar-refractivity contribution in [3.05, 3.63) is 77.4 Å². The Bertz CT molecular complexity index is 1240. The molecular formula is C25H23N3O3. The Labute approximate surface area is 180 Å². The normalized spacial score (nSPS) is 15.0. The first-order chi connectivity index (χ1) is 15.1. The van der Waals surface area contributed by atoms with Crippen LogP contribution < -0.4 is 10.1 Å². The molecule has 5 rings (SSSR count). The topological polar surface area (TPSA) is 77.3 Å². The molecule has 0 saturated heterocycles. The minimum Gasteiger partial charge on any atom is -0.488 e. The smallest absolute Gasteiger partial charge is 0.224 e. The van der Waals surface area contributed by atoms with Crippen molar-refractivity contribution in [1.82, 2.24) is 15.5 Å². The van der Waals surface area contributed by atoms with Crippen molar-refractivity contribution in [2.45, 2.75) is 32.8 Å². The van der Waals surface area contributed by atoms with Gasteiger partial charge < -0.3 is 14.6 Å². The zero-order valence-corrected chi connectivity index (χ0v) is 17.5. The Morgan fingerprint density at radius 2 is 2.06 bits per heavy atom. The Hall–Kier alpha value is -3.67. The molecular weight excluding hydrogens is 390 g/mol.